The van der Waals surface area contributed by atoms with Crippen LogP contribution >= 0.6 is 0 Å². The number of pyridine rings is 2. The molecule has 0 saturated heterocycles. The highest BCUT2D eigenvalue weighted by molar-refractivity contribution is 6.10. The quantitative estimate of drug-likeness (QED) is 0.387. The third kappa shape index (κ3) is 3.80. The minimum absolute atomic E-state index is 0.123. The molecular formula is C23H19F4N7O. The average molecular weight is 485 g/mol. The Morgan fingerprint density at radius 1 is 1.20 bits per heavy atom. The van der Waals surface area contributed by atoms with Crippen LogP contribution in [0.3, 0.4) is 0 Å². The predicted octanol–water partition coefficient (Wildman–Crippen LogP) is 4.08. The van der Waals surface area contributed by atoms with Gasteiger partial charge in [-0.15, -0.1) is 0 Å². The van der Waals surface area contributed by atoms with E-state index in [2.05, 4.69) is 15.1 Å². The van der Waals surface area contributed by atoms with E-state index in [4.69, 9.17) is 5.73 Å². The molecule has 5 aromatic rings. The number of nitrogens with two attached hydrogens (primary N) is 1. The van der Waals surface area contributed by atoms with Gasteiger partial charge in [-0.05, 0) is 25.1 Å². The standard InChI is InChI=1S/C23H19F4N7O/c1-12(23(25,26)27)34(11-13-10-33-6-4-3-5-19(33)30-13)22(35)14-7-15-18(8-17(14)24)31-21(28)16-9-29-32(2)20(15)16/h3-10,12H,11H2,1-2H3,(H2,28,31). The Balaban J connectivity index is 1.63. The van der Waals surface area contributed by atoms with E-state index in [1.165, 1.54) is 23.1 Å². The average Bonchev–Trinajstić information content (AvgIpc) is 3.39. The SMILES string of the molecule is CC(N(Cc1cn2ccccc2n1)C(=O)c1cc2c(cc1F)nc(N)c1cnn(C)c12)C(F)(F)F. The zero-order valence-corrected chi connectivity index (χ0v) is 18.6. The van der Waals surface area contributed by atoms with Crippen LogP contribution in [0.5, 0.6) is 0 Å². The minimum Gasteiger partial charge on any atom is -0.383 e. The van der Waals surface area contributed by atoms with Gasteiger partial charge in [-0.25, -0.2) is 14.4 Å². The van der Waals surface area contributed by atoms with Crippen molar-refractivity contribution in [3.8, 4) is 0 Å². The van der Waals surface area contributed by atoms with Gasteiger partial charge in [0.2, 0.25) is 0 Å². The first-order chi connectivity index (χ1) is 16.5. The normalized spacial score (nSPS) is 13.1. The molecule has 0 fully saturated rings. The fourth-order valence-electron chi connectivity index (χ4n) is 4.10. The number of hydrogen-bond acceptors (Lipinski definition) is 5. The third-order valence-corrected chi connectivity index (χ3v) is 5.97. The van der Waals surface area contributed by atoms with Crippen molar-refractivity contribution in [2.75, 3.05) is 5.73 Å². The number of anilines is 1. The molecular weight excluding hydrogens is 466 g/mol. The van der Waals surface area contributed by atoms with Crippen molar-refractivity contribution in [1.82, 2.24) is 29.0 Å². The fraction of sp³-hybridized carbons (Fsp3) is 0.217. The van der Waals surface area contributed by atoms with Crippen molar-refractivity contribution < 1.29 is 22.4 Å². The Labute approximate surface area is 195 Å². The van der Waals surface area contributed by atoms with Gasteiger partial charge < -0.3 is 15.0 Å². The second kappa shape index (κ2) is 7.93. The number of carbonyl (C=O) groups excluding carboxylic acids is 1. The Morgan fingerprint density at radius 2 is 1.97 bits per heavy atom. The van der Waals surface area contributed by atoms with Gasteiger partial charge in [-0.3, -0.25) is 9.48 Å². The number of aromatic nitrogens is 5. The summed E-state index contributed by atoms with van der Waals surface area (Å²) in [5.74, 6) is -2.01. The minimum atomic E-state index is -4.74. The number of hydrogen-bond donors (Lipinski definition) is 1. The number of halogens is 4. The van der Waals surface area contributed by atoms with Crippen LogP contribution in [0.15, 0.2) is 48.9 Å². The summed E-state index contributed by atoms with van der Waals surface area (Å²) in [5.41, 5.74) is 6.79. The highest BCUT2D eigenvalue weighted by Gasteiger charge is 2.43. The second-order valence-electron chi connectivity index (χ2n) is 8.23. The van der Waals surface area contributed by atoms with E-state index in [1.807, 2.05) is 0 Å². The number of rotatable bonds is 4. The summed E-state index contributed by atoms with van der Waals surface area (Å²) in [5, 5.41) is 4.94. The lowest BCUT2D eigenvalue weighted by Gasteiger charge is -2.30. The van der Waals surface area contributed by atoms with Crippen LogP contribution in [-0.2, 0) is 13.6 Å². The van der Waals surface area contributed by atoms with Gasteiger partial charge in [0.05, 0.1) is 40.4 Å². The summed E-state index contributed by atoms with van der Waals surface area (Å²) in [6.45, 7) is 0.383. The zero-order valence-electron chi connectivity index (χ0n) is 18.6. The van der Waals surface area contributed by atoms with E-state index in [-0.39, 0.29) is 17.0 Å². The molecule has 0 aliphatic rings. The highest BCUT2D eigenvalue weighted by Crippen LogP contribution is 2.32. The molecule has 4 aromatic heterocycles. The van der Waals surface area contributed by atoms with Crippen molar-refractivity contribution in [2.45, 2.75) is 25.7 Å². The molecule has 1 aromatic carbocycles. The first-order valence-corrected chi connectivity index (χ1v) is 10.6. The molecule has 8 nitrogen and oxygen atoms in total. The zero-order chi connectivity index (χ0) is 25.1. The number of fused-ring (bicyclic) bond motifs is 4. The maximum absolute atomic E-state index is 15.1. The first-order valence-electron chi connectivity index (χ1n) is 10.6. The molecule has 180 valence electrons. The number of amides is 1. The summed E-state index contributed by atoms with van der Waals surface area (Å²) < 4.78 is 59.5. The van der Waals surface area contributed by atoms with Gasteiger partial charge in [0, 0.05) is 30.9 Å². The molecule has 0 radical (unpaired) electrons. The van der Waals surface area contributed by atoms with Crippen LogP contribution in [0.4, 0.5) is 23.4 Å². The monoisotopic (exact) mass is 485 g/mol. The number of nitrogen functional groups attached to an aromatic ring is 1. The molecule has 1 unspecified atom stereocenters. The molecule has 35 heavy (non-hydrogen) atoms. The van der Waals surface area contributed by atoms with Crippen molar-refractivity contribution >= 4 is 39.2 Å². The van der Waals surface area contributed by atoms with Crippen LogP contribution < -0.4 is 5.73 Å². The number of aryl methyl sites for hydroxylation is 1. The van der Waals surface area contributed by atoms with Crippen LogP contribution in [0, 0.1) is 5.82 Å². The summed E-state index contributed by atoms with van der Waals surface area (Å²) in [6, 6.07) is 5.15. The number of benzene rings is 1. The van der Waals surface area contributed by atoms with Crippen LogP contribution in [-0.4, -0.2) is 47.2 Å². The lowest BCUT2D eigenvalue weighted by atomic mass is 10.1. The van der Waals surface area contributed by atoms with Crippen molar-refractivity contribution in [2.24, 2.45) is 7.05 Å². The molecule has 0 aliphatic carbocycles. The van der Waals surface area contributed by atoms with Crippen molar-refractivity contribution in [1.29, 1.82) is 0 Å². The molecule has 12 heteroatoms. The van der Waals surface area contributed by atoms with Crippen molar-refractivity contribution in [3.05, 3.63) is 66.0 Å². The molecule has 0 aliphatic heterocycles. The highest BCUT2D eigenvalue weighted by atomic mass is 19.4. The summed E-state index contributed by atoms with van der Waals surface area (Å²) in [7, 11) is 1.63. The lowest BCUT2D eigenvalue weighted by molar-refractivity contribution is -0.173. The van der Waals surface area contributed by atoms with Gasteiger partial charge in [-0.1, -0.05) is 6.07 Å². The van der Waals surface area contributed by atoms with E-state index in [0.717, 1.165) is 13.0 Å². The van der Waals surface area contributed by atoms with Gasteiger partial charge >= 0.3 is 6.18 Å². The lowest BCUT2D eigenvalue weighted by Crippen LogP contribution is -2.46. The summed E-state index contributed by atoms with van der Waals surface area (Å²) >= 11 is 0. The molecule has 4 heterocycles. The van der Waals surface area contributed by atoms with Crippen LogP contribution in [0.2, 0.25) is 0 Å². The Hall–Kier alpha value is -4.22. The van der Waals surface area contributed by atoms with Crippen molar-refractivity contribution in [3.63, 3.8) is 0 Å². The van der Waals surface area contributed by atoms with E-state index < -0.39 is 36.1 Å². The van der Waals surface area contributed by atoms with E-state index >= 15 is 4.39 Å². The maximum Gasteiger partial charge on any atom is 0.408 e. The molecule has 2 N–H and O–H groups in total. The summed E-state index contributed by atoms with van der Waals surface area (Å²) in [6.07, 6.45) is -0.0514. The predicted molar refractivity (Wildman–Crippen MR) is 121 cm³/mol. The van der Waals surface area contributed by atoms with Gasteiger partial charge in [0.25, 0.3) is 5.91 Å². The molecule has 0 saturated carbocycles. The van der Waals surface area contributed by atoms with E-state index in [0.29, 0.717) is 26.8 Å². The van der Waals surface area contributed by atoms with Gasteiger partial charge in [0.15, 0.2) is 0 Å². The largest absolute Gasteiger partial charge is 0.408 e. The smallest absolute Gasteiger partial charge is 0.383 e. The van der Waals surface area contributed by atoms with E-state index in [1.54, 1.807) is 35.8 Å². The number of imidazole rings is 1. The number of carbonyl (C=O) groups is 1. The topological polar surface area (TPSA) is 94.3 Å². The molecule has 1 amide bonds. The van der Waals surface area contributed by atoms with Gasteiger partial charge in [0.1, 0.15) is 23.3 Å². The molecule has 5 rings (SSSR count). The fourth-order valence-corrected chi connectivity index (χ4v) is 4.10. The molecule has 0 bridgehead atoms. The third-order valence-electron chi connectivity index (χ3n) is 5.97. The Bertz CT molecular complexity index is 1570. The van der Waals surface area contributed by atoms with Crippen LogP contribution in [0.25, 0.3) is 27.5 Å². The summed E-state index contributed by atoms with van der Waals surface area (Å²) in [4.78, 5) is 22.4. The number of nitrogens with zero attached hydrogens (tertiary/aromatic N) is 6. The van der Waals surface area contributed by atoms with Crippen LogP contribution in [0.1, 0.15) is 23.0 Å². The van der Waals surface area contributed by atoms with E-state index in [9.17, 15) is 18.0 Å². The van der Waals surface area contributed by atoms with Gasteiger partial charge in [-0.2, -0.15) is 18.3 Å². The maximum atomic E-state index is 15.1. The Kier molecular flexibility index (Phi) is 5.11. The molecule has 1 atom stereocenters. The first kappa shape index (κ1) is 22.6. The Morgan fingerprint density at radius 3 is 2.69 bits per heavy atom. The molecule has 0 spiro atoms. The second-order valence-corrected chi connectivity index (χ2v) is 8.23. The number of alkyl halides is 3.